The van der Waals surface area contributed by atoms with Crippen LogP contribution < -0.4 is 10.5 Å². The van der Waals surface area contributed by atoms with Gasteiger partial charge in [-0.1, -0.05) is 43.3 Å². The molecule has 0 heterocycles. The first-order chi connectivity index (χ1) is 9.74. The SMILES string of the molecule is CCc1ccc(C(N)CSc2ccccc2OC)cc1. The fourth-order valence-corrected chi connectivity index (χ4v) is 3.03. The van der Waals surface area contributed by atoms with E-state index >= 15 is 0 Å². The van der Waals surface area contributed by atoms with Gasteiger partial charge in [0.1, 0.15) is 5.75 Å². The Morgan fingerprint density at radius 1 is 1.10 bits per heavy atom. The highest BCUT2D eigenvalue weighted by Gasteiger charge is 2.09. The number of ether oxygens (including phenoxy) is 1. The average Bonchev–Trinajstić information content (AvgIpc) is 2.53. The van der Waals surface area contributed by atoms with E-state index in [1.165, 1.54) is 11.1 Å². The summed E-state index contributed by atoms with van der Waals surface area (Å²) in [7, 11) is 1.70. The third kappa shape index (κ3) is 3.78. The van der Waals surface area contributed by atoms with Gasteiger partial charge in [0.05, 0.1) is 7.11 Å². The lowest BCUT2D eigenvalue weighted by Gasteiger charge is -2.13. The van der Waals surface area contributed by atoms with Gasteiger partial charge in [0.15, 0.2) is 0 Å². The van der Waals surface area contributed by atoms with Crippen molar-refractivity contribution >= 4 is 11.8 Å². The quantitative estimate of drug-likeness (QED) is 0.814. The Kier molecular flexibility index (Phi) is 5.50. The molecular formula is C17H21NOS. The van der Waals surface area contributed by atoms with E-state index in [4.69, 9.17) is 10.5 Å². The standard InChI is InChI=1S/C17H21NOS/c1-3-13-8-10-14(11-9-13)15(18)12-20-17-7-5-4-6-16(17)19-2/h4-11,15H,3,12,18H2,1-2H3. The maximum atomic E-state index is 6.26. The molecule has 20 heavy (non-hydrogen) atoms. The third-order valence-electron chi connectivity index (χ3n) is 3.30. The maximum absolute atomic E-state index is 6.26. The molecule has 1 atom stereocenters. The summed E-state index contributed by atoms with van der Waals surface area (Å²) in [6, 6.07) is 16.7. The fourth-order valence-electron chi connectivity index (χ4n) is 2.01. The average molecular weight is 287 g/mol. The van der Waals surface area contributed by atoms with E-state index in [2.05, 4.69) is 37.3 Å². The van der Waals surface area contributed by atoms with Crippen molar-refractivity contribution in [3.8, 4) is 5.75 Å². The van der Waals surface area contributed by atoms with E-state index in [0.29, 0.717) is 0 Å². The van der Waals surface area contributed by atoms with Crippen LogP contribution in [0.4, 0.5) is 0 Å². The molecule has 0 aliphatic rings. The predicted octanol–water partition coefficient (Wildman–Crippen LogP) is 4.05. The predicted molar refractivity (Wildman–Crippen MR) is 86.5 cm³/mol. The van der Waals surface area contributed by atoms with Gasteiger partial charge in [0, 0.05) is 16.7 Å². The Morgan fingerprint density at radius 2 is 1.80 bits per heavy atom. The minimum atomic E-state index is 0.0378. The summed E-state index contributed by atoms with van der Waals surface area (Å²) in [6.07, 6.45) is 1.06. The van der Waals surface area contributed by atoms with Crippen molar-refractivity contribution in [3.05, 3.63) is 59.7 Å². The lowest BCUT2D eigenvalue weighted by molar-refractivity contribution is 0.405. The largest absolute Gasteiger partial charge is 0.496 e. The zero-order valence-electron chi connectivity index (χ0n) is 12.0. The number of aryl methyl sites for hydroxylation is 1. The van der Waals surface area contributed by atoms with Gasteiger partial charge in [0.25, 0.3) is 0 Å². The molecule has 1 unspecified atom stereocenters. The summed E-state index contributed by atoms with van der Waals surface area (Å²) < 4.78 is 5.35. The lowest BCUT2D eigenvalue weighted by Crippen LogP contribution is -2.12. The van der Waals surface area contributed by atoms with Crippen LogP contribution in [0.15, 0.2) is 53.4 Å². The van der Waals surface area contributed by atoms with E-state index in [9.17, 15) is 0 Å². The van der Waals surface area contributed by atoms with E-state index in [-0.39, 0.29) is 6.04 Å². The number of hydrogen-bond acceptors (Lipinski definition) is 3. The third-order valence-corrected chi connectivity index (χ3v) is 4.48. The zero-order valence-corrected chi connectivity index (χ0v) is 12.8. The monoisotopic (exact) mass is 287 g/mol. The summed E-state index contributed by atoms with van der Waals surface area (Å²) in [5, 5.41) is 0. The maximum Gasteiger partial charge on any atom is 0.132 e. The summed E-state index contributed by atoms with van der Waals surface area (Å²) in [6.45, 7) is 2.16. The minimum absolute atomic E-state index is 0.0378. The van der Waals surface area contributed by atoms with Crippen LogP contribution in [0.5, 0.6) is 5.75 Å². The number of methoxy groups -OCH3 is 1. The molecule has 2 rings (SSSR count). The van der Waals surface area contributed by atoms with Gasteiger partial charge >= 0.3 is 0 Å². The molecule has 0 fully saturated rings. The highest BCUT2D eigenvalue weighted by Crippen LogP contribution is 2.31. The summed E-state index contributed by atoms with van der Waals surface area (Å²) in [4.78, 5) is 1.13. The molecule has 0 amide bonds. The molecule has 2 nitrogen and oxygen atoms in total. The van der Waals surface area contributed by atoms with Crippen LogP contribution in [0.25, 0.3) is 0 Å². The van der Waals surface area contributed by atoms with Crippen LogP contribution in [0, 0.1) is 0 Å². The Bertz CT molecular complexity index is 539. The van der Waals surface area contributed by atoms with Crippen molar-refractivity contribution in [1.82, 2.24) is 0 Å². The molecule has 3 heteroatoms. The van der Waals surface area contributed by atoms with Crippen LogP contribution >= 0.6 is 11.8 Å². The summed E-state index contributed by atoms with van der Waals surface area (Å²) >= 11 is 1.73. The molecular weight excluding hydrogens is 266 g/mol. The van der Waals surface area contributed by atoms with E-state index in [0.717, 1.165) is 22.8 Å². The smallest absolute Gasteiger partial charge is 0.132 e. The van der Waals surface area contributed by atoms with Crippen LogP contribution in [0.1, 0.15) is 24.1 Å². The minimum Gasteiger partial charge on any atom is -0.496 e. The van der Waals surface area contributed by atoms with Gasteiger partial charge in [0.2, 0.25) is 0 Å². The van der Waals surface area contributed by atoms with Crippen LogP contribution in [-0.2, 0) is 6.42 Å². The van der Waals surface area contributed by atoms with Crippen LogP contribution in [0.3, 0.4) is 0 Å². The molecule has 0 saturated carbocycles. The molecule has 0 spiro atoms. The molecule has 0 aliphatic heterocycles. The van der Waals surface area contributed by atoms with Gasteiger partial charge in [-0.3, -0.25) is 0 Å². The summed E-state index contributed by atoms with van der Waals surface area (Å²) in [5.41, 5.74) is 8.79. The number of hydrogen-bond donors (Lipinski definition) is 1. The Balaban J connectivity index is 1.98. The van der Waals surface area contributed by atoms with Crippen molar-refractivity contribution in [2.45, 2.75) is 24.3 Å². The molecule has 2 aromatic rings. The van der Waals surface area contributed by atoms with Crippen molar-refractivity contribution in [3.63, 3.8) is 0 Å². The van der Waals surface area contributed by atoms with Gasteiger partial charge in [-0.2, -0.15) is 0 Å². The molecule has 106 valence electrons. The first-order valence-corrected chi connectivity index (χ1v) is 7.83. The molecule has 2 aromatic carbocycles. The van der Waals surface area contributed by atoms with Crippen LogP contribution in [-0.4, -0.2) is 12.9 Å². The van der Waals surface area contributed by atoms with E-state index in [1.807, 2.05) is 18.2 Å². The topological polar surface area (TPSA) is 35.2 Å². The van der Waals surface area contributed by atoms with Gasteiger partial charge in [-0.05, 0) is 29.7 Å². The van der Waals surface area contributed by atoms with Crippen molar-refractivity contribution in [1.29, 1.82) is 0 Å². The first kappa shape index (κ1) is 14.9. The Hall–Kier alpha value is -1.45. The highest BCUT2D eigenvalue weighted by atomic mass is 32.2. The van der Waals surface area contributed by atoms with Crippen molar-refractivity contribution in [2.24, 2.45) is 5.73 Å². The number of rotatable bonds is 6. The van der Waals surface area contributed by atoms with Gasteiger partial charge < -0.3 is 10.5 Å². The van der Waals surface area contributed by atoms with E-state index in [1.54, 1.807) is 18.9 Å². The molecule has 2 N–H and O–H groups in total. The number of nitrogens with two attached hydrogens (primary N) is 1. The van der Waals surface area contributed by atoms with E-state index < -0.39 is 0 Å². The Labute approximate surface area is 125 Å². The molecule has 0 radical (unpaired) electrons. The summed E-state index contributed by atoms with van der Waals surface area (Å²) in [5.74, 6) is 1.75. The molecule has 0 aliphatic carbocycles. The van der Waals surface area contributed by atoms with Crippen molar-refractivity contribution < 1.29 is 4.74 Å². The normalized spacial score (nSPS) is 12.2. The Morgan fingerprint density at radius 3 is 2.45 bits per heavy atom. The van der Waals surface area contributed by atoms with Gasteiger partial charge in [-0.15, -0.1) is 11.8 Å². The number of thioether (sulfide) groups is 1. The fraction of sp³-hybridized carbons (Fsp3) is 0.294. The molecule has 0 aromatic heterocycles. The molecule has 0 saturated heterocycles. The lowest BCUT2D eigenvalue weighted by atomic mass is 10.1. The number of para-hydroxylation sites is 1. The van der Waals surface area contributed by atoms with Crippen molar-refractivity contribution in [2.75, 3.05) is 12.9 Å². The highest BCUT2D eigenvalue weighted by molar-refractivity contribution is 7.99. The van der Waals surface area contributed by atoms with Gasteiger partial charge in [-0.25, -0.2) is 0 Å². The van der Waals surface area contributed by atoms with Crippen LogP contribution in [0.2, 0.25) is 0 Å². The zero-order chi connectivity index (χ0) is 14.4. The number of benzene rings is 2. The molecule has 0 bridgehead atoms. The second-order valence-corrected chi connectivity index (χ2v) is 5.73. The first-order valence-electron chi connectivity index (χ1n) is 6.84. The second kappa shape index (κ2) is 7.36. The second-order valence-electron chi connectivity index (χ2n) is 4.66.